The minimum Gasteiger partial charge on any atom is -0.356 e. The van der Waals surface area contributed by atoms with Crippen LogP contribution in [-0.4, -0.2) is 17.4 Å². The number of nitrogens with one attached hydrogen (secondary N) is 1. The number of carbonyl (C=O) groups is 1. The minimum atomic E-state index is -0.312. The van der Waals surface area contributed by atoms with Crippen LogP contribution in [-0.2, 0) is 17.6 Å². The summed E-state index contributed by atoms with van der Waals surface area (Å²) >= 11 is 1.63. The topological polar surface area (TPSA) is 42.0 Å². The Hall–Kier alpha value is -2.53. The quantitative estimate of drug-likeness (QED) is 0.600. The molecule has 2 aromatic heterocycles. The van der Waals surface area contributed by atoms with Crippen LogP contribution in [0.4, 0.5) is 4.39 Å². The predicted octanol–water partition coefficient (Wildman–Crippen LogP) is 4.36. The van der Waals surface area contributed by atoms with Crippen molar-refractivity contribution in [3.63, 3.8) is 0 Å². The highest BCUT2D eigenvalue weighted by atomic mass is 32.1. The molecule has 1 unspecified atom stereocenters. The highest BCUT2D eigenvalue weighted by molar-refractivity contribution is 7.09. The Morgan fingerprint density at radius 3 is 2.69 bits per heavy atom. The average Bonchev–Trinajstić information content (AvgIpc) is 3.18. The lowest BCUT2D eigenvalue weighted by molar-refractivity contribution is -0.122. The van der Waals surface area contributed by atoms with Crippen LogP contribution >= 0.6 is 11.3 Å². The third kappa shape index (κ3) is 5.23. The number of hydrogen-bond donors (Lipinski definition) is 1. The molecular formula is C21H21FN2OS. The molecule has 26 heavy (non-hydrogen) atoms. The molecule has 0 radical (unpaired) electrons. The maximum absolute atomic E-state index is 13.2. The van der Waals surface area contributed by atoms with Crippen molar-refractivity contribution in [1.82, 2.24) is 10.3 Å². The summed E-state index contributed by atoms with van der Waals surface area (Å²) in [6.45, 7) is 0.607. The van der Waals surface area contributed by atoms with Crippen molar-refractivity contribution < 1.29 is 9.18 Å². The molecule has 1 atom stereocenters. The molecule has 0 saturated carbocycles. The van der Waals surface area contributed by atoms with E-state index >= 15 is 0 Å². The number of carbonyl (C=O) groups excluding carboxylic acids is 1. The maximum atomic E-state index is 13.2. The highest BCUT2D eigenvalue weighted by Crippen LogP contribution is 2.24. The SMILES string of the molecule is O=C(NCCCc1cccnc1)C(Cc1cccs1)c1ccc(F)cc1. The summed E-state index contributed by atoms with van der Waals surface area (Å²) in [5.41, 5.74) is 2.00. The van der Waals surface area contributed by atoms with E-state index in [1.54, 1.807) is 29.7 Å². The van der Waals surface area contributed by atoms with Gasteiger partial charge in [0.05, 0.1) is 5.92 Å². The number of aromatic nitrogens is 1. The van der Waals surface area contributed by atoms with Gasteiger partial charge in [0.2, 0.25) is 5.91 Å². The first-order valence-electron chi connectivity index (χ1n) is 8.67. The van der Waals surface area contributed by atoms with Gasteiger partial charge in [-0.1, -0.05) is 24.3 Å². The lowest BCUT2D eigenvalue weighted by Gasteiger charge is -2.17. The zero-order chi connectivity index (χ0) is 18.2. The maximum Gasteiger partial charge on any atom is 0.227 e. The molecule has 3 rings (SSSR count). The summed E-state index contributed by atoms with van der Waals surface area (Å²) in [7, 11) is 0. The number of pyridine rings is 1. The van der Waals surface area contributed by atoms with E-state index in [4.69, 9.17) is 0 Å². The molecule has 134 valence electrons. The standard InChI is InChI=1S/C21H21FN2OS/c22-18-9-7-17(8-10-18)20(14-19-6-3-13-26-19)21(25)24-12-2-5-16-4-1-11-23-15-16/h1,3-4,6-11,13,15,20H,2,5,12,14H2,(H,24,25). The molecule has 3 nitrogen and oxygen atoms in total. The molecule has 0 aliphatic carbocycles. The Labute approximate surface area is 156 Å². The molecular weight excluding hydrogens is 347 g/mol. The smallest absolute Gasteiger partial charge is 0.227 e. The lowest BCUT2D eigenvalue weighted by atomic mass is 9.94. The highest BCUT2D eigenvalue weighted by Gasteiger charge is 2.21. The summed E-state index contributed by atoms with van der Waals surface area (Å²) in [6, 6.07) is 14.2. The average molecular weight is 368 g/mol. The Bertz CT molecular complexity index is 804. The van der Waals surface area contributed by atoms with Gasteiger partial charge in [0.25, 0.3) is 0 Å². The second-order valence-corrected chi connectivity index (χ2v) is 7.18. The van der Waals surface area contributed by atoms with Crippen molar-refractivity contribution >= 4 is 17.2 Å². The number of hydrogen-bond acceptors (Lipinski definition) is 3. The zero-order valence-electron chi connectivity index (χ0n) is 14.4. The molecule has 1 N–H and O–H groups in total. The summed E-state index contributed by atoms with van der Waals surface area (Å²) in [6.07, 6.45) is 5.95. The first kappa shape index (κ1) is 18.3. The van der Waals surface area contributed by atoms with Crippen LogP contribution in [0.25, 0.3) is 0 Å². The molecule has 1 amide bonds. The number of aryl methyl sites for hydroxylation is 1. The van der Waals surface area contributed by atoms with Crippen molar-refractivity contribution in [3.8, 4) is 0 Å². The predicted molar refractivity (Wildman–Crippen MR) is 103 cm³/mol. The third-order valence-corrected chi connectivity index (χ3v) is 5.14. The van der Waals surface area contributed by atoms with Crippen LogP contribution in [0.5, 0.6) is 0 Å². The van der Waals surface area contributed by atoms with Gasteiger partial charge in [0.15, 0.2) is 0 Å². The van der Waals surface area contributed by atoms with Crippen molar-refractivity contribution in [1.29, 1.82) is 0 Å². The largest absolute Gasteiger partial charge is 0.356 e. The van der Waals surface area contributed by atoms with E-state index in [0.29, 0.717) is 13.0 Å². The number of halogens is 1. The van der Waals surface area contributed by atoms with E-state index in [-0.39, 0.29) is 17.6 Å². The van der Waals surface area contributed by atoms with E-state index in [9.17, 15) is 9.18 Å². The minimum absolute atomic E-state index is 0.0174. The second kappa shape index (κ2) is 9.25. The van der Waals surface area contributed by atoms with Gasteiger partial charge >= 0.3 is 0 Å². The number of benzene rings is 1. The van der Waals surface area contributed by atoms with E-state index in [0.717, 1.165) is 28.8 Å². The fraction of sp³-hybridized carbons (Fsp3) is 0.238. The third-order valence-electron chi connectivity index (χ3n) is 4.24. The van der Waals surface area contributed by atoms with Crippen molar-refractivity contribution in [2.75, 3.05) is 6.54 Å². The number of nitrogens with zero attached hydrogens (tertiary/aromatic N) is 1. The first-order chi connectivity index (χ1) is 12.7. The monoisotopic (exact) mass is 368 g/mol. The van der Waals surface area contributed by atoms with Gasteiger partial charge in [-0.15, -0.1) is 11.3 Å². The normalized spacial score (nSPS) is 11.9. The molecule has 0 fully saturated rings. The number of thiophene rings is 1. The van der Waals surface area contributed by atoms with Crippen LogP contribution < -0.4 is 5.32 Å². The van der Waals surface area contributed by atoms with Crippen LogP contribution in [0.1, 0.15) is 28.3 Å². The van der Waals surface area contributed by atoms with Gasteiger partial charge in [-0.3, -0.25) is 9.78 Å². The fourth-order valence-electron chi connectivity index (χ4n) is 2.86. The summed E-state index contributed by atoms with van der Waals surface area (Å²) in [4.78, 5) is 18.0. The summed E-state index contributed by atoms with van der Waals surface area (Å²) in [5, 5.41) is 5.03. The second-order valence-electron chi connectivity index (χ2n) is 6.14. The molecule has 5 heteroatoms. The van der Waals surface area contributed by atoms with Gasteiger partial charge in [-0.25, -0.2) is 4.39 Å². The molecule has 0 aliphatic heterocycles. The van der Waals surface area contributed by atoms with Crippen LogP contribution in [0.3, 0.4) is 0 Å². The summed E-state index contributed by atoms with van der Waals surface area (Å²) in [5.74, 6) is -0.621. The molecule has 2 heterocycles. The Balaban J connectivity index is 1.60. The molecule has 0 spiro atoms. The van der Waals surface area contributed by atoms with E-state index < -0.39 is 0 Å². The molecule has 0 aliphatic rings. The zero-order valence-corrected chi connectivity index (χ0v) is 15.2. The van der Waals surface area contributed by atoms with E-state index in [1.807, 2.05) is 35.8 Å². The number of rotatable bonds is 8. The van der Waals surface area contributed by atoms with E-state index in [2.05, 4.69) is 10.3 Å². The lowest BCUT2D eigenvalue weighted by Crippen LogP contribution is -2.31. The molecule has 3 aromatic rings. The van der Waals surface area contributed by atoms with E-state index in [1.165, 1.54) is 12.1 Å². The molecule has 0 bridgehead atoms. The van der Waals surface area contributed by atoms with Gasteiger partial charge in [0, 0.05) is 23.8 Å². The fourth-order valence-corrected chi connectivity index (χ4v) is 3.61. The number of amides is 1. The van der Waals surface area contributed by atoms with Gasteiger partial charge in [0.1, 0.15) is 5.82 Å². The van der Waals surface area contributed by atoms with Gasteiger partial charge in [-0.05, 0) is 60.0 Å². The first-order valence-corrected chi connectivity index (χ1v) is 9.55. The van der Waals surface area contributed by atoms with Gasteiger partial charge < -0.3 is 5.32 Å². The Morgan fingerprint density at radius 1 is 1.15 bits per heavy atom. The van der Waals surface area contributed by atoms with Crippen LogP contribution in [0, 0.1) is 5.82 Å². The van der Waals surface area contributed by atoms with Gasteiger partial charge in [-0.2, -0.15) is 0 Å². The molecule has 0 saturated heterocycles. The van der Waals surface area contributed by atoms with Crippen molar-refractivity contribution in [2.24, 2.45) is 0 Å². The summed E-state index contributed by atoms with van der Waals surface area (Å²) < 4.78 is 13.2. The van der Waals surface area contributed by atoms with Crippen LogP contribution in [0.2, 0.25) is 0 Å². The molecule has 1 aromatic carbocycles. The van der Waals surface area contributed by atoms with Crippen LogP contribution in [0.15, 0.2) is 66.3 Å². The Morgan fingerprint density at radius 2 is 2.00 bits per heavy atom. The van der Waals surface area contributed by atoms with Crippen molar-refractivity contribution in [3.05, 3.63) is 88.1 Å². The van der Waals surface area contributed by atoms with Crippen molar-refractivity contribution in [2.45, 2.75) is 25.2 Å². The Kier molecular flexibility index (Phi) is 6.50.